The quantitative estimate of drug-likeness (QED) is 0.818. The van der Waals surface area contributed by atoms with Crippen molar-refractivity contribution < 1.29 is 0 Å². The molecule has 0 aromatic carbocycles. The van der Waals surface area contributed by atoms with Gasteiger partial charge < -0.3 is 5.32 Å². The van der Waals surface area contributed by atoms with Gasteiger partial charge in [0.05, 0.1) is 17.4 Å². The Morgan fingerprint density at radius 3 is 2.53 bits per heavy atom. The molecule has 3 heteroatoms. The predicted octanol–water partition coefficient (Wildman–Crippen LogP) is 3.83. The van der Waals surface area contributed by atoms with Gasteiger partial charge in [-0.1, -0.05) is 32.6 Å². The molecule has 2 rings (SSSR count). The van der Waals surface area contributed by atoms with Crippen LogP contribution in [0.5, 0.6) is 0 Å². The Kier molecular flexibility index (Phi) is 5.44. The maximum atomic E-state index is 4.63. The van der Waals surface area contributed by atoms with Crippen LogP contribution in [0.25, 0.3) is 0 Å². The van der Waals surface area contributed by atoms with Crippen LogP contribution < -0.4 is 5.32 Å². The summed E-state index contributed by atoms with van der Waals surface area (Å²) in [5.41, 5.74) is 2.54. The summed E-state index contributed by atoms with van der Waals surface area (Å²) in [7, 11) is 0. The van der Waals surface area contributed by atoms with Gasteiger partial charge in [-0.2, -0.15) is 5.10 Å². The van der Waals surface area contributed by atoms with Crippen molar-refractivity contribution in [1.29, 1.82) is 0 Å². The van der Waals surface area contributed by atoms with Crippen LogP contribution in [0.3, 0.4) is 0 Å². The van der Waals surface area contributed by atoms with Gasteiger partial charge in [-0.3, -0.25) is 4.68 Å². The summed E-state index contributed by atoms with van der Waals surface area (Å²) < 4.78 is 2.19. The maximum Gasteiger partial charge on any atom is 0.0597 e. The topological polar surface area (TPSA) is 29.9 Å². The van der Waals surface area contributed by atoms with Gasteiger partial charge in [-0.15, -0.1) is 0 Å². The molecule has 1 aliphatic rings. The van der Waals surface area contributed by atoms with Crippen LogP contribution in [-0.4, -0.2) is 16.3 Å². The minimum Gasteiger partial charge on any atom is -0.309 e. The molecule has 1 N–H and O–H groups in total. The highest BCUT2D eigenvalue weighted by Crippen LogP contribution is 2.33. The SMILES string of the molecule is CCNC(c1cc(C)nn1CC)C1CCCCCC1. The Balaban J connectivity index is 2.21. The molecule has 1 aliphatic carbocycles. The number of aryl methyl sites for hydroxylation is 2. The van der Waals surface area contributed by atoms with Gasteiger partial charge in [0.25, 0.3) is 0 Å². The van der Waals surface area contributed by atoms with Crippen molar-refractivity contribution in [2.24, 2.45) is 5.92 Å². The Bertz CT molecular complexity index is 375. The van der Waals surface area contributed by atoms with Crippen molar-refractivity contribution in [3.8, 4) is 0 Å². The van der Waals surface area contributed by atoms with Crippen LogP contribution in [0.4, 0.5) is 0 Å². The fraction of sp³-hybridized carbons (Fsp3) is 0.812. The van der Waals surface area contributed by atoms with E-state index in [1.165, 1.54) is 44.2 Å². The lowest BCUT2D eigenvalue weighted by atomic mass is 9.89. The summed E-state index contributed by atoms with van der Waals surface area (Å²) in [6, 6.07) is 2.77. The second-order valence-electron chi connectivity index (χ2n) is 5.81. The van der Waals surface area contributed by atoms with E-state index in [2.05, 4.69) is 41.9 Å². The highest BCUT2D eigenvalue weighted by molar-refractivity contribution is 5.14. The van der Waals surface area contributed by atoms with Crippen molar-refractivity contribution in [2.75, 3.05) is 6.54 Å². The molecular formula is C16H29N3. The summed E-state index contributed by atoms with van der Waals surface area (Å²) in [5.74, 6) is 0.781. The van der Waals surface area contributed by atoms with Crippen molar-refractivity contribution in [3.05, 3.63) is 17.5 Å². The van der Waals surface area contributed by atoms with Crippen LogP contribution in [0.2, 0.25) is 0 Å². The van der Waals surface area contributed by atoms with Crippen LogP contribution >= 0.6 is 0 Å². The molecule has 1 aromatic heterocycles. The molecule has 1 atom stereocenters. The van der Waals surface area contributed by atoms with E-state index in [4.69, 9.17) is 0 Å². The smallest absolute Gasteiger partial charge is 0.0597 e. The van der Waals surface area contributed by atoms with Crippen molar-refractivity contribution in [1.82, 2.24) is 15.1 Å². The molecule has 0 saturated heterocycles. The van der Waals surface area contributed by atoms with Gasteiger partial charge in [0, 0.05) is 6.54 Å². The van der Waals surface area contributed by atoms with Gasteiger partial charge in [0.1, 0.15) is 0 Å². The standard InChI is InChI=1S/C16H29N3/c1-4-17-16(14-10-8-6-7-9-11-14)15-12-13(3)18-19(15)5-2/h12,14,16-17H,4-11H2,1-3H3. The lowest BCUT2D eigenvalue weighted by molar-refractivity contribution is 0.313. The van der Waals surface area contributed by atoms with Crippen molar-refractivity contribution in [3.63, 3.8) is 0 Å². The average molecular weight is 263 g/mol. The zero-order valence-corrected chi connectivity index (χ0v) is 12.8. The maximum absolute atomic E-state index is 4.63. The Hall–Kier alpha value is -0.830. The van der Waals surface area contributed by atoms with E-state index in [1.54, 1.807) is 0 Å². The molecule has 1 saturated carbocycles. The average Bonchev–Trinajstić information content (AvgIpc) is 2.63. The van der Waals surface area contributed by atoms with Crippen molar-refractivity contribution in [2.45, 2.75) is 71.9 Å². The molecule has 1 fully saturated rings. The van der Waals surface area contributed by atoms with E-state index < -0.39 is 0 Å². The number of nitrogens with one attached hydrogen (secondary N) is 1. The molecule has 0 aliphatic heterocycles. The fourth-order valence-electron chi connectivity index (χ4n) is 3.45. The third-order valence-electron chi connectivity index (χ3n) is 4.35. The number of hydrogen-bond acceptors (Lipinski definition) is 2. The van der Waals surface area contributed by atoms with Crippen LogP contribution in [0, 0.1) is 12.8 Å². The summed E-state index contributed by atoms with van der Waals surface area (Å²) in [6.07, 6.45) is 8.36. The summed E-state index contributed by atoms with van der Waals surface area (Å²) in [4.78, 5) is 0. The predicted molar refractivity (Wildman–Crippen MR) is 80.2 cm³/mol. The number of rotatable bonds is 5. The molecule has 1 heterocycles. The first-order chi connectivity index (χ1) is 9.26. The highest BCUT2D eigenvalue weighted by atomic mass is 15.3. The molecule has 1 unspecified atom stereocenters. The molecule has 0 bridgehead atoms. The van der Waals surface area contributed by atoms with Crippen LogP contribution in [0.1, 0.15) is 69.8 Å². The van der Waals surface area contributed by atoms with Gasteiger partial charge in [0.15, 0.2) is 0 Å². The monoisotopic (exact) mass is 263 g/mol. The second-order valence-corrected chi connectivity index (χ2v) is 5.81. The molecule has 0 amide bonds. The van der Waals surface area contributed by atoms with E-state index in [0.29, 0.717) is 6.04 Å². The van der Waals surface area contributed by atoms with E-state index in [9.17, 15) is 0 Å². The first-order valence-corrected chi connectivity index (χ1v) is 8.04. The molecule has 108 valence electrons. The van der Waals surface area contributed by atoms with Gasteiger partial charge in [-0.25, -0.2) is 0 Å². The molecule has 0 spiro atoms. The summed E-state index contributed by atoms with van der Waals surface area (Å²) in [6.45, 7) is 8.51. The van der Waals surface area contributed by atoms with E-state index in [-0.39, 0.29) is 0 Å². The van der Waals surface area contributed by atoms with E-state index in [0.717, 1.165) is 24.7 Å². The lowest BCUT2D eigenvalue weighted by Crippen LogP contribution is -2.30. The van der Waals surface area contributed by atoms with Gasteiger partial charge in [-0.05, 0) is 45.2 Å². The largest absolute Gasteiger partial charge is 0.309 e. The Morgan fingerprint density at radius 1 is 1.26 bits per heavy atom. The first kappa shape index (κ1) is 14.6. The molecule has 3 nitrogen and oxygen atoms in total. The lowest BCUT2D eigenvalue weighted by Gasteiger charge is -2.27. The molecular weight excluding hydrogens is 234 g/mol. The summed E-state index contributed by atoms with van der Waals surface area (Å²) >= 11 is 0. The zero-order chi connectivity index (χ0) is 13.7. The third-order valence-corrected chi connectivity index (χ3v) is 4.35. The normalized spacial score (nSPS) is 19.3. The Morgan fingerprint density at radius 2 is 1.95 bits per heavy atom. The van der Waals surface area contributed by atoms with E-state index in [1.807, 2.05) is 0 Å². The van der Waals surface area contributed by atoms with Crippen LogP contribution in [-0.2, 0) is 6.54 Å². The van der Waals surface area contributed by atoms with E-state index >= 15 is 0 Å². The molecule has 1 aromatic rings. The van der Waals surface area contributed by atoms with Gasteiger partial charge >= 0.3 is 0 Å². The van der Waals surface area contributed by atoms with Crippen LogP contribution in [0.15, 0.2) is 6.07 Å². The molecule has 19 heavy (non-hydrogen) atoms. The highest BCUT2D eigenvalue weighted by Gasteiger charge is 2.26. The third kappa shape index (κ3) is 3.59. The number of hydrogen-bond donors (Lipinski definition) is 1. The number of nitrogens with zero attached hydrogens (tertiary/aromatic N) is 2. The Labute approximate surface area is 117 Å². The van der Waals surface area contributed by atoms with Gasteiger partial charge in [0.2, 0.25) is 0 Å². The summed E-state index contributed by atoms with van der Waals surface area (Å²) in [5, 5.41) is 8.35. The zero-order valence-electron chi connectivity index (χ0n) is 12.8. The second kappa shape index (κ2) is 7.09. The first-order valence-electron chi connectivity index (χ1n) is 8.04. The number of aromatic nitrogens is 2. The fourth-order valence-corrected chi connectivity index (χ4v) is 3.45. The van der Waals surface area contributed by atoms with Crippen molar-refractivity contribution >= 4 is 0 Å². The molecule has 0 radical (unpaired) electrons. The minimum atomic E-state index is 0.490. The minimum absolute atomic E-state index is 0.490.